The SMILES string of the molecule is C[C@@H](NC(=O)N1CCCC(C)(O)C1)C(=O)O. The van der Waals surface area contributed by atoms with Crippen LogP contribution in [0.1, 0.15) is 26.7 Å². The molecule has 0 bridgehead atoms. The van der Waals surface area contributed by atoms with Gasteiger partial charge in [0.1, 0.15) is 6.04 Å². The summed E-state index contributed by atoms with van der Waals surface area (Å²) >= 11 is 0. The summed E-state index contributed by atoms with van der Waals surface area (Å²) in [6.07, 6.45) is 1.38. The number of aliphatic carboxylic acids is 1. The molecule has 2 atom stereocenters. The highest BCUT2D eigenvalue weighted by atomic mass is 16.4. The zero-order chi connectivity index (χ0) is 12.3. The van der Waals surface area contributed by atoms with Gasteiger partial charge in [-0.25, -0.2) is 4.79 Å². The molecule has 16 heavy (non-hydrogen) atoms. The average Bonchev–Trinajstić information content (AvgIpc) is 2.15. The summed E-state index contributed by atoms with van der Waals surface area (Å²) in [6.45, 7) is 3.87. The van der Waals surface area contributed by atoms with Gasteiger partial charge in [-0.3, -0.25) is 4.79 Å². The molecule has 0 spiro atoms. The van der Waals surface area contributed by atoms with Crippen LogP contribution in [0.4, 0.5) is 4.79 Å². The molecule has 0 saturated carbocycles. The molecule has 92 valence electrons. The lowest BCUT2D eigenvalue weighted by molar-refractivity contribution is -0.138. The first-order valence-electron chi connectivity index (χ1n) is 5.32. The van der Waals surface area contributed by atoms with Gasteiger partial charge >= 0.3 is 12.0 Å². The summed E-state index contributed by atoms with van der Waals surface area (Å²) in [5.41, 5.74) is -0.873. The second-order valence-corrected chi connectivity index (χ2v) is 4.53. The maximum absolute atomic E-state index is 11.6. The number of carboxylic acids is 1. The molecule has 0 aromatic carbocycles. The largest absolute Gasteiger partial charge is 0.480 e. The summed E-state index contributed by atoms with van der Waals surface area (Å²) in [7, 11) is 0. The molecule has 6 nitrogen and oxygen atoms in total. The number of hydrogen-bond acceptors (Lipinski definition) is 3. The third-order valence-corrected chi connectivity index (χ3v) is 2.67. The number of carbonyl (C=O) groups excluding carboxylic acids is 1. The molecule has 1 aliphatic heterocycles. The fourth-order valence-corrected chi connectivity index (χ4v) is 1.73. The van der Waals surface area contributed by atoms with Gasteiger partial charge in [0.15, 0.2) is 0 Å². The maximum atomic E-state index is 11.6. The van der Waals surface area contributed by atoms with Crippen LogP contribution in [0.3, 0.4) is 0 Å². The van der Waals surface area contributed by atoms with Gasteiger partial charge in [-0.2, -0.15) is 0 Å². The minimum absolute atomic E-state index is 0.241. The van der Waals surface area contributed by atoms with Crippen LogP contribution in [0.5, 0.6) is 0 Å². The summed E-state index contributed by atoms with van der Waals surface area (Å²) in [5, 5.41) is 20.8. The Hall–Kier alpha value is -1.30. The quantitative estimate of drug-likeness (QED) is 0.623. The van der Waals surface area contributed by atoms with E-state index in [9.17, 15) is 14.7 Å². The van der Waals surface area contributed by atoms with Gasteiger partial charge in [0.2, 0.25) is 0 Å². The Morgan fingerprint density at radius 2 is 2.12 bits per heavy atom. The summed E-state index contributed by atoms with van der Waals surface area (Å²) in [5.74, 6) is -1.07. The van der Waals surface area contributed by atoms with E-state index in [0.29, 0.717) is 13.0 Å². The molecule has 1 heterocycles. The Kier molecular flexibility index (Phi) is 3.74. The molecule has 1 aliphatic rings. The van der Waals surface area contributed by atoms with Gasteiger partial charge in [0.05, 0.1) is 12.1 Å². The minimum Gasteiger partial charge on any atom is -0.480 e. The van der Waals surface area contributed by atoms with Crippen molar-refractivity contribution in [2.75, 3.05) is 13.1 Å². The number of nitrogens with zero attached hydrogens (tertiary/aromatic N) is 1. The zero-order valence-corrected chi connectivity index (χ0v) is 9.56. The molecule has 1 fully saturated rings. The molecule has 1 saturated heterocycles. The average molecular weight is 230 g/mol. The van der Waals surface area contributed by atoms with E-state index < -0.39 is 23.6 Å². The summed E-state index contributed by atoms with van der Waals surface area (Å²) in [4.78, 5) is 23.7. The molecular formula is C10H18N2O4. The van der Waals surface area contributed by atoms with Crippen LogP contribution >= 0.6 is 0 Å². The van der Waals surface area contributed by atoms with Crippen molar-refractivity contribution < 1.29 is 19.8 Å². The van der Waals surface area contributed by atoms with Crippen LogP contribution in [0.15, 0.2) is 0 Å². The lowest BCUT2D eigenvalue weighted by atomic mass is 9.95. The van der Waals surface area contributed by atoms with Crippen molar-refractivity contribution in [2.45, 2.75) is 38.3 Å². The van der Waals surface area contributed by atoms with Crippen LogP contribution in [0, 0.1) is 0 Å². The van der Waals surface area contributed by atoms with Crippen molar-refractivity contribution in [3.8, 4) is 0 Å². The molecule has 0 aromatic rings. The van der Waals surface area contributed by atoms with Crippen molar-refractivity contribution >= 4 is 12.0 Å². The minimum atomic E-state index is -1.07. The highest BCUT2D eigenvalue weighted by Gasteiger charge is 2.31. The van der Waals surface area contributed by atoms with Gasteiger partial charge in [-0.05, 0) is 26.7 Å². The van der Waals surface area contributed by atoms with E-state index >= 15 is 0 Å². The third kappa shape index (κ3) is 3.37. The number of carbonyl (C=O) groups is 2. The van der Waals surface area contributed by atoms with E-state index in [1.165, 1.54) is 11.8 Å². The Morgan fingerprint density at radius 1 is 1.50 bits per heavy atom. The number of rotatable bonds is 2. The van der Waals surface area contributed by atoms with E-state index in [-0.39, 0.29) is 6.54 Å². The van der Waals surface area contributed by atoms with Crippen molar-refractivity contribution in [2.24, 2.45) is 0 Å². The van der Waals surface area contributed by atoms with Gasteiger partial charge in [-0.15, -0.1) is 0 Å². The van der Waals surface area contributed by atoms with E-state index in [1.54, 1.807) is 6.92 Å². The van der Waals surface area contributed by atoms with Crippen LogP contribution < -0.4 is 5.32 Å². The van der Waals surface area contributed by atoms with E-state index in [4.69, 9.17) is 5.11 Å². The molecule has 0 aromatic heterocycles. The van der Waals surface area contributed by atoms with Crippen LogP contribution in [-0.2, 0) is 4.79 Å². The first-order valence-corrected chi connectivity index (χ1v) is 5.32. The number of urea groups is 1. The number of hydrogen-bond donors (Lipinski definition) is 3. The monoisotopic (exact) mass is 230 g/mol. The predicted octanol–water partition coefficient (Wildman–Crippen LogP) is 0.0159. The number of carboxylic acid groups (broad SMARTS) is 1. The number of piperidine rings is 1. The fourth-order valence-electron chi connectivity index (χ4n) is 1.73. The molecule has 0 radical (unpaired) electrons. The van der Waals surface area contributed by atoms with E-state index in [2.05, 4.69) is 5.32 Å². The van der Waals surface area contributed by atoms with Gasteiger partial charge < -0.3 is 20.4 Å². The van der Waals surface area contributed by atoms with Crippen LogP contribution in [-0.4, -0.2) is 51.8 Å². The number of aliphatic hydroxyl groups is 1. The second kappa shape index (κ2) is 4.69. The number of likely N-dealkylation sites (tertiary alicyclic amines) is 1. The van der Waals surface area contributed by atoms with Crippen LogP contribution in [0.2, 0.25) is 0 Å². The van der Waals surface area contributed by atoms with Crippen molar-refractivity contribution in [1.82, 2.24) is 10.2 Å². The Balaban J connectivity index is 2.51. The molecular weight excluding hydrogens is 212 g/mol. The third-order valence-electron chi connectivity index (χ3n) is 2.67. The van der Waals surface area contributed by atoms with Crippen LogP contribution in [0.25, 0.3) is 0 Å². The topological polar surface area (TPSA) is 89.9 Å². The Bertz CT molecular complexity index is 291. The predicted molar refractivity (Wildman–Crippen MR) is 57.1 cm³/mol. The number of β-amino-alcohol motifs (C(OH)–C–C–N with tert-alkyl or cyclic N) is 1. The zero-order valence-electron chi connectivity index (χ0n) is 9.56. The lowest BCUT2D eigenvalue weighted by Gasteiger charge is -2.37. The maximum Gasteiger partial charge on any atom is 0.325 e. The molecule has 6 heteroatoms. The highest BCUT2D eigenvalue weighted by Crippen LogP contribution is 2.20. The van der Waals surface area contributed by atoms with Crippen molar-refractivity contribution in [3.05, 3.63) is 0 Å². The van der Waals surface area contributed by atoms with Crippen molar-refractivity contribution in [1.29, 1.82) is 0 Å². The molecule has 0 aliphatic carbocycles. The number of nitrogens with one attached hydrogen (secondary N) is 1. The fraction of sp³-hybridized carbons (Fsp3) is 0.800. The molecule has 1 unspecified atom stereocenters. The van der Waals surface area contributed by atoms with Gasteiger partial charge in [-0.1, -0.05) is 0 Å². The first-order chi connectivity index (χ1) is 7.32. The van der Waals surface area contributed by atoms with Crippen molar-refractivity contribution in [3.63, 3.8) is 0 Å². The summed E-state index contributed by atoms with van der Waals surface area (Å²) < 4.78 is 0. The molecule has 3 N–H and O–H groups in total. The Morgan fingerprint density at radius 3 is 2.62 bits per heavy atom. The van der Waals surface area contributed by atoms with E-state index in [1.807, 2.05) is 0 Å². The standard InChI is InChI=1S/C10H18N2O4/c1-7(8(13)14)11-9(15)12-5-3-4-10(2,16)6-12/h7,16H,3-6H2,1-2H3,(H,11,15)(H,13,14)/t7-,10?/m1/s1. The lowest BCUT2D eigenvalue weighted by Crippen LogP contribution is -2.54. The molecule has 2 amide bonds. The normalized spacial score (nSPS) is 27.3. The second-order valence-electron chi connectivity index (χ2n) is 4.53. The number of amides is 2. The first kappa shape index (κ1) is 12.8. The van der Waals surface area contributed by atoms with Gasteiger partial charge in [0.25, 0.3) is 0 Å². The van der Waals surface area contributed by atoms with E-state index in [0.717, 1.165) is 6.42 Å². The molecule has 1 rings (SSSR count). The smallest absolute Gasteiger partial charge is 0.325 e. The highest BCUT2D eigenvalue weighted by molar-refractivity contribution is 5.82. The summed E-state index contributed by atoms with van der Waals surface area (Å²) in [6, 6.07) is -1.35. The van der Waals surface area contributed by atoms with Gasteiger partial charge in [0, 0.05) is 6.54 Å². The Labute approximate surface area is 94.2 Å².